The summed E-state index contributed by atoms with van der Waals surface area (Å²) in [7, 11) is 0. The van der Waals surface area contributed by atoms with Crippen LogP contribution in [0, 0.1) is 11.7 Å². The number of halogens is 1. The summed E-state index contributed by atoms with van der Waals surface area (Å²) >= 11 is 0. The molecule has 7 heteroatoms. The Labute approximate surface area is 157 Å². The number of urea groups is 1. The molecule has 27 heavy (non-hydrogen) atoms. The zero-order chi connectivity index (χ0) is 19.4. The summed E-state index contributed by atoms with van der Waals surface area (Å²) < 4.78 is 18.3. The normalized spacial score (nSPS) is 15.7. The van der Waals surface area contributed by atoms with Crippen LogP contribution in [0.1, 0.15) is 36.0 Å². The molecule has 1 unspecified atom stereocenters. The van der Waals surface area contributed by atoms with Gasteiger partial charge in [-0.15, -0.1) is 0 Å². The summed E-state index contributed by atoms with van der Waals surface area (Å²) in [6.07, 6.45) is 1.47. The smallest absolute Gasteiger partial charge is 0.318 e. The van der Waals surface area contributed by atoms with Gasteiger partial charge in [0.15, 0.2) is 5.76 Å². The summed E-state index contributed by atoms with van der Waals surface area (Å²) in [6, 6.07) is 9.12. The van der Waals surface area contributed by atoms with Crippen LogP contribution in [0.2, 0.25) is 0 Å². The highest BCUT2D eigenvalue weighted by atomic mass is 19.1. The van der Waals surface area contributed by atoms with Gasteiger partial charge < -0.3 is 19.5 Å². The molecular formula is C20H24FN3O3. The van der Waals surface area contributed by atoms with Crippen LogP contribution in [0.4, 0.5) is 9.18 Å². The van der Waals surface area contributed by atoms with Crippen LogP contribution in [0.15, 0.2) is 47.1 Å². The second-order valence-electron chi connectivity index (χ2n) is 6.98. The highest BCUT2D eigenvalue weighted by Crippen LogP contribution is 2.22. The van der Waals surface area contributed by atoms with Gasteiger partial charge in [0, 0.05) is 26.2 Å². The quantitative estimate of drug-likeness (QED) is 0.894. The molecule has 144 valence electrons. The van der Waals surface area contributed by atoms with Crippen molar-refractivity contribution in [2.24, 2.45) is 5.92 Å². The number of nitrogens with zero attached hydrogens (tertiary/aromatic N) is 2. The standard InChI is InChI=1S/C20H24FN3O3/c1-14(2)18(15-5-7-16(21)8-6-15)22-20(26)24-11-9-23(10-12-24)19(25)17-4-3-13-27-17/h3-8,13-14,18H,9-12H2,1-2H3,(H,22,26). The molecule has 1 aliphatic heterocycles. The van der Waals surface area contributed by atoms with E-state index in [1.807, 2.05) is 13.8 Å². The number of hydrogen-bond donors (Lipinski definition) is 1. The Kier molecular flexibility index (Phi) is 5.78. The van der Waals surface area contributed by atoms with Crippen molar-refractivity contribution in [2.75, 3.05) is 26.2 Å². The van der Waals surface area contributed by atoms with Crippen LogP contribution < -0.4 is 5.32 Å². The molecule has 1 fully saturated rings. The highest BCUT2D eigenvalue weighted by Gasteiger charge is 2.28. The van der Waals surface area contributed by atoms with Crippen molar-refractivity contribution < 1.29 is 18.4 Å². The van der Waals surface area contributed by atoms with E-state index in [0.29, 0.717) is 31.9 Å². The van der Waals surface area contributed by atoms with Crippen molar-refractivity contribution in [1.82, 2.24) is 15.1 Å². The largest absolute Gasteiger partial charge is 0.459 e. The molecule has 0 saturated carbocycles. The number of furan rings is 1. The Hall–Kier alpha value is -2.83. The summed E-state index contributed by atoms with van der Waals surface area (Å²) in [6.45, 7) is 5.83. The van der Waals surface area contributed by atoms with Crippen molar-refractivity contribution in [1.29, 1.82) is 0 Å². The van der Waals surface area contributed by atoms with Crippen molar-refractivity contribution in [2.45, 2.75) is 19.9 Å². The Morgan fingerprint density at radius 3 is 2.22 bits per heavy atom. The van der Waals surface area contributed by atoms with Gasteiger partial charge in [-0.2, -0.15) is 0 Å². The van der Waals surface area contributed by atoms with Crippen LogP contribution in [0.3, 0.4) is 0 Å². The Morgan fingerprint density at radius 2 is 1.67 bits per heavy atom. The monoisotopic (exact) mass is 373 g/mol. The molecule has 0 radical (unpaired) electrons. The van der Waals surface area contributed by atoms with Gasteiger partial charge in [-0.1, -0.05) is 26.0 Å². The first-order valence-corrected chi connectivity index (χ1v) is 9.09. The lowest BCUT2D eigenvalue weighted by Crippen LogP contribution is -2.53. The van der Waals surface area contributed by atoms with Gasteiger partial charge in [-0.25, -0.2) is 9.18 Å². The molecular weight excluding hydrogens is 349 g/mol. The first kappa shape index (κ1) is 18.9. The number of hydrogen-bond acceptors (Lipinski definition) is 3. The SMILES string of the molecule is CC(C)C(NC(=O)N1CCN(C(=O)c2ccco2)CC1)c1ccc(F)cc1. The lowest BCUT2D eigenvalue weighted by molar-refractivity contribution is 0.0631. The number of carbonyl (C=O) groups excluding carboxylic acids is 2. The summed E-state index contributed by atoms with van der Waals surface area (Å²) in [5.74, 6) is 0.00155. The first-order valence-electron chi connectivity index (χ1n) is 9.09. The van der Waals surface area contributed by atoms with E-state index in [-0.39, 0.29) is 29.7 Å². The van der Waals surface area contributed by atoms with E-state index in [9.17, 15) is 14.0 Å². The maximum absolute atomic E-state index is 13.2. The topological polar surface area (TPSA) is 65.8 Å². The zero-order valence-corrected chi connectivity index (χ0v) is 15.5. The van der Waals surface area contributed by atoms with E-state index in [1.165, 1.54) is 18.4 Å². The fourth-order valence-corrected chi connectivity index (χ4v) is 3.20. The van der Waals surface area contributed by atoms with Crippen LogP contribution >= 0.6 is 0 Å². The number of benzene rings is 1. The van der Waals surface area contributed by atoms with E-state index >= 15 is 0 Å². The predicted octanol–water partition coefficient (Wildman–Crippen LogP) is 3.28. The summed E-state index contributed by atoms with van der Waals surface area (Å²) in [5.41, 5.74) is 0.867. The molecule has 1 N–H and O–H groups in total. The number of amides is 3. The number of carbonyl (C=O) groups is 2. The molecule has 0 spiro atoms. The van der Waals surface area contributed by atoms with Crippen LogP contribution in [0.5, 0.6) is 0 Å². The van der Waals surface area contributed by atoms with E-state index < -0.39 is 0 Å². The van der Waals surface area contributed by atoms with Gasteiger partial charge >= 0.3 is 6.03 Å². The third-order valence-electron chi connectivity index (χ3n) is 4.76. The molecule has 1 aromatic carbocycles. The molecule has 3 rings (SSSR count). The maximum atomic E-state index is 13.2. The maximum Gasteiger partial charge on any atom is 0.318 e. The van der Waals surface area contributed by atoms with E-state index in [1.54, 1.807) is 34.1 Å². The molecule has 0 aliphatic carbocycles. The molecule has 1 aliphatic rings. The van der Waals surface area contributed by atoms with Crippen molar-refractivity contribution in [3.8, 4) is 0 Å². The number of nitrogens with one attached hydrogen (secondary N) is 1. The minimum absolute atomic E-state index is 0.154. The van der Waals surface area contributed by atoms with Gasteiger partial charge in [-0.05, 0) is 35.7 Å². The van der Waals surface area contributed by atoms with Crippen molar-refractivity contribution in [3.05, 3.63) is 59.8 Å². The van der Waals surface area contributed by atoms with Crippen molar-refractivity contribution in [3.63, 3.8) is 0 Å². The van der Waals surface area contributed by atoms with Gasteiger partial charge in [0.05, 0.1) is 12.3 Å². The molecule has 1 aromatic heterocycles. The average molecular weight is 373 g/mol. The van der Waals surface area contributed by atoms with E-state index in [4.69, 9.17) is 4.42 Å². The Balaban J connectivity index is 1.58. The molecule has 0 bridgehead atoms. The molecule has 2 aromatic rings. The molecule has 3 amide bonds. The third-order valence-corrected chi connectivity index (χ3v) is 4.76. The minimum atomic E-state index is -0.301. The van der Waals surface area contributed by atoms with Crippen LogP contribution in [0.25, 0.3) is 0 Å². The molecule has 2 heterocycles. The third kappa shape index (κ3) is 4.48. The van der Waals surface area contributed by atoms with Gasteiger partial charge in [0.2, 0.25) is 0 Å². The fourth-order valence-electron chi connectivity index (χ4n) is 3.20. The summed E-state index contributed by atoms with van der Waals surface area (Å²) in [4.78, 5) is 28.4. The zero-order valence-electron chi connectivity index (χ0n) is 15.5. The lowest BCUT2D eigenvalue weighted by Gasteiger charge is -2.35. The van der Waals surface area contributed by atoms with Crippen LogP contribution in [-0.4, -0.2) is 47.9 Å². The minimum Gasteiger partial charge on any atom is -0.459 e. The van der Waals surface area contributed by atoms with Gasteiger partial charge in [0.25, 0.3) is 5.91 Å². The fraction of sp³-hybridized carbons (Fsp3) is 0.400. The molecule has 1 saturated heterocycles. The van der Waals surface area contributed by atoms with Gasteiger partial charge in [-0.3, -0.25) is 4.79 Å². The highest BCUT2D eigenvalue weighted by molar-refractivity contribution is 5.91. The first-order chi connectivity index (χ1) is 13.0. The average Bonchev–Trinajstić information content (AvgIpc) is 3.21. The lowest BCUT2D eigenvalue weighted by atomic mass is 9.96. The van der Waals surface area contributed by atoms with Crippen LogP contribution in [-0.2, 0) is 0 Å². The van der Waals surface area contributed by atoms with E-state index in [2.05, 4.69) is 5.32 Å². The Bertz CT molecular complexity index is 766. The van der Waals surface area contributed by atoms with Crippen molar-refractivity contribution >= 4 is 11.9 Å². The predicted molar refractivity (Wildman–Crippen MR) is 98.7 cm³/mol. The Morgan fingerprint density at radius 1 is 1.04 bits per heavy atom. The number of piperazine rings is 1. The molecule has 1 atom stereocenters. The number of rotatable bonds is 4. The summed E-state index contributed by atoms with van der Waals surface area (Å²) in [5, 5.41) is 3.04. The van der Waals surface area contributed by atoms with Gasteiger partial charge in [0.1, 0.15) is 5.82 Å². The second-order valence-corrected chi connectivity index (χ2v) is 6.98. The van der Waals surface area contributed by atoms with E-state index in [0.717, 1.165) is 5.56 Å². The molecule has 6 nitrogen and oxygen atoms in total. The second kappa shape index (κ2) is 8.24.